The van der Waals surface area contributed by atoms with Crippen molar-refractivity contribution in [1.29, 1.82) is 0 Å². The molecule has 0 bridgehead atoms. The van der Waals surface area contributed by atoms with Crippen LogP contribution in [-0.2, 0) is 5.41 Å². The standard InChI is InChI=1S/C17H17BrCl2/c1-17(2,3)12-6-4-11(5-7-12)16(20)14-9-8-13(19)10-15(14)18/h4-10,16H,1-3H3. The van der Waals surface area contributed by atoms with Crippen LogP contribution in [0.1, 0.15) is 42.8 Å². The van der Waals surface area contributed by atoms with Crippen LogP contribution in [0.25, 0.3) is 0 Å². The molecule has 0 amide bonds. The summed E-state index contributed by atoms with van der Waals surface area (Å²) in [6, 6.07) is 14.2. The van der Waals surface area contributed by atoms with Crippen molar-refractivity contribution in [3.05, 3.63) is 68.7 Å². The van der Waals surface area contributed by atoms with Crippen LogP contribution in [0.5, 0.6) is 0 Å². The molecule has 0 aliphatic heterocycles. The summed E-state index contributed by atoms with van der Waals surface area (Å²) in [5.74, 6) is 0. The zero-order valence-corrected chi connectivity index (χ0v) is 14.9. The number of halogens is 3. The number of alkyl halides is 1. The fourth-order valence-corrected chi connectivity index (χ4v) is 3.42. The van der Waals surface area contributed by atoms with Crippen molar-refractivity contribution in [2.24, 2.45) is 0 Å². The third kappa shape index (κ3) is 3.58. The molecule has 0 spiro atoms. The first kappa shape index (κ1) is 15.9. The fraction of sp³-hybridized carbons (Fsp3) is 0.294. The smallest absolute Gasteiger partial charge is 0.0846 e. The molecule has 0 heterocycles. The van der Waals surface area contributed by atoms with Crippen molar-refractivity contribution in [3.8, 4) is 0 Å². The minimum atomic E-state index is -0.185. The van der Waals surface area contributed by atoms with Crippen LogP contribution < -0.4 is 0 Å². The van der Waals surface area contributed by atoms with E-state index in [1.165, 1.54) is 5.56 Å². The molecule has 1 atom stereocenters. The first-order chi connectivity index (χ1) is 9.29. The van der Waals surface area contributed by atoms with Gasteiger partial charge in [-0.15, -0.1) is 11.6 Å². The number of hydrogen-bond donors (Lipinski definition) is 0. The molecule has 0 aliphatic rings. The summed E-state index contributed by atoms with van der Waals surface area (Å²) in [4.78, 5) is 0. The minimum Gasteiger partial charge on any atom is -0.113 e. The van der Waals surface area contributed by atoms with Crippen molar-refractivity contribution in [2.75, 3.05) is 0 Å². The van der Waals surface area contributed by atoms with Gasteiger partial charge in [0.2, 0.25) is 0 Å². The third-order valence-corrected chi connectivity index (χ3v) is 4.71. The average molecular weight is 372 g/mol. The molecule has 2 aromatic carbocycles. The van der Waals surface area contributed by atoms with Gasteiger partial charge in [-0.2, -0.15) is 0 Å². The van der Waals surface area contributed by atoms with Crippen molar-refractivity contribution in [3.63, 3.8) is 0 Å². The Hall–Kier alpha value is -0.500. The maximum absolute atomic E-state index is 6.58. The van der Waals surface area contributed by atoms with E-state index in [0.29, 0.717) is 5.02 Å². The highest BCUT2D eigenvalue weighted by atomic mass is 79.9. The molecule has 2 aromatic rings. The minimum absolute atomic E-state index is 0.154. The Morgan fingerprint density at radius 2 is 1.60 bits per heavy atom. The van der Waals surface area contributed by atoms with Crippen LogP contribution in [0.4, 0.5) is 0 Å². The van der Waals surface area contributed by atoms with Crippen LogP contribution in [0, 0.1) is 0 Å². The number of benzene rings is 2. The highest BCUT2D eigenvalue weighted by molar-refractivity contribution is 9.10. The predicted molar refractivity (Wildman–Crippen MR) is 92.0 cm³/mol. The molecular weight excluding hydrogens is 355 g/mol. The lowest BCUT2D eigenvalue weighted by atomic mass is 9.86. The van der Waals surface area contributed by atoms with Crippen LogP contribution in [0.2, 0.25) is 5.02 Å². The van der Waals surface area contributed by atoms with Gasteiger partial charge in [-0.05, 0) is 34.2 Å². The molecule has 20 heavy (non-hydrogen) atoms. The molecule has 0 saturated carbocycles. The molecule has 0 N–H and O–H groups in total. The van der Waals surface area contributed by atoms with E-state index in [-0.39, 0.29) is 10.8 Å². The maximum atomic E-state index is 6.58. The molecule has 106 valence electrons. The highest BCUT2D eigenvalue weighted by Crippen LogP contribution is 2.35. The van der Waals surface area contributed by atoms with E-state index in [1.807, 2.05) is 18.2 Å². The van der Waals surface area contributed by atoms with Crippen LogP contribution in [-0.4, -0.2) is 0 Å². The molecule has 0 nitrogen and oxygen atoms in total. The Balaban J connectivity index is 2.31. The van der Waals surface area contributed by atoms with E-state index in [4.69, 9.17) is 23.2 Å². The lowest BCUT2D eigenvalue weighted by Crippen LogP contribution is -2.10. The van der Waals surface area contributed by atoms with E-state index in [1.54, 1.807) is 0 Å². The lowest BCUT2D eigenvalue weighted by molar-refractivity contribution is 0.590. The van der Waals surface area contributed by atoms with Gasteiger partial charge in [0.15, 0.2) is 0 Å². The topological polar surface area (TPSA) is 0 Å². The lowest BCUT2D eigenvalue weighted by Gasteiger charge is -2.20. The van der Waals surface area contributed by atoms with Crippen LogP contribution in [0.3, 0.4) is 0 Å². The third-order valence-electron chi connectivity index (χ3n) is 3.30. The molecule has 0 fully saturated rings. The van der Waals surface area contributed by atoms with Gasteiger partial charge < -0.3 is 0 Å². The summed E-state index contributed by atoms with van der Waals surface area (Å²) < 4.78 is 0.935. The Morgan fingerprint density at radius 1 is 1.00 bits per heavy atom. The first-order valence-corrected chi connectivity index (χ1v) is 8.09. The second kappa shape index (κ2) is 6.09. The Morgan fingerprint density at radius 3 is 2.10 bits per heavy atom. The molecule has 0 aromatic heterocycles. The van der Waals surface area contributed by atoms with Gasteiger partial charge in [0, 0.05) is 9.50 Å². The largest absolute Gasteiger partial charge is 0.113 e. The van der Waals surface area contributed by atoms with Gasteiger partial charge in [0.25, 0.3) is 0 Å². The molecule has 0 radical (unpaired) electrons. The van der Waals surface area contributed by atoms with Gasteiger partial charge in [-0.3, -0.25) is 0 Å². The number of hydrogen-bond acceptors (Lipinski definition) is 0. The van der Waals surface area contributed by atoms with Crippen molar-refractivity contribution >= 4 is 39.1 Å². The summed E-state index contributed by atoms with van der Waals surface area (Å²) in [7, 11) is 0. The Bertz CT molecular complexity index is 597. The Labute approximate surface area is 139 Å². The van der Waals surface area contributed by atoms with Crippen molar-refractivity contribution in [2.45, 2.75) is 31.6 Å². The van der Waals surface area contributed by atoms with Gasteiger partial charge in [-0.1, -0.05) is 78.6 Å². The quantitative estimate of drug-likeness (QED) is 0.513. The fourth-order valence-electron chi connectivity index (χ4n) is 2.04. The zero-order chi connectivity index (χ0) is 14.9. The van der Waals surface area contributed by atoms with Gasteiger partial charge in [0.05, 0.1) is 5.38 Å². The monoisotopic (exact) mass is 370 g/mol. The van der Waals surface area contributed by atoms with Gasteiger partial charge in [0.1, 0.15) is 0 Å². The maximum Gasteiger partial charge on any atom is 0.0846 e. The zero-order valence-electron chi connectivity index (χ0n) is 11.8. The Kier molecular flexibility index (Phi) is 4.84. The second-order valence-electron chi connectivity index (χ2n) is 5.90. The van der Waals surface area contributed by atoms with Crippen LogP contribution >= 0.6 is 39.1 Å². The van der Waals surface area contributed by atoms with E-state index in [0.717, 1.165) is 15.6 Å². The first-order valence-electron chi connectivity index (χ1n) is 6.48. The predicted octanol–water partition coefficient (Wildman–Crippen LogP) is 6.73. The summed E-state index contributed by atoms with van der Waals surface area (Å²) >= 11 is 16.1. The van der Waals surface area contributed by atoms with Gasteiger partial charge in [-0.25, -0.2) is 0 Å². The number of rotatable bonds is 2. The average Bonchev–Trinajstić information content (AvgIpc) is 2.37. The molecular formula is C17H17BrCl2. The van der Waals surface area contributed by atoms with E-state index in [2.05, 4.69) is 61.0 Å². The van der Waals surface area contributed by atoms with Crippen molar-refractivity contribution < 1.29 is 0 Å². The van der Waals surface area contributed by atoms with E-state index in [9.17, 15) is 0 Å². The summed E-state index contributed by atoms with van der Waals surface area (Å²) in [6.45, 7) is 6.61. The summed E-state index contributed by atoms with van der Waals surface area (Å²) in [5.41, 5.74) is 3.57. The van der Waals surface area contributed by atoms with Gasteiger partial charge >= 0.3 is 0 Å². The molecule has 0 aliphatic carbocycles. The molecule has 3 heteroatoms. The molecule has 1 unspecified atom stereocenters. The van der Waals surface area contributed by atoms with Crippen LogP contribution in [0.15, 0.2) is 46.9 Å². The normalized spacial score (nSPS) is 13.3. The van der Waals surface area contributed by atoms with E-state index < -0.39 is 0 Å². The summed E-state index contributed by atoms with van der Waals surface area (Å²) in [5, 5.41) is 0.517. The summed E-state index contributed by atoms with van der Waals surface area (Å²) in [6.07, 6.45) is 0. The molecule has 2 rings (SSSR count). The second-order valence-corrected chi connectivity index (χ2v) is 7.63. The molecule has 0 saturated heterocycles. The van der Waals surface area contributed by atoms with E-state index >= 15 is 0 Å². The SMILES string of the molecule is CC(C)(C)c1ccc(C(Cl)c2ccc(Cl)cc2Br)cc1. The highest BCUT2D eigenvalue weighted by Gasteiger charge is 2.17. The van der Waals surface area contributed by atoms with Crippen molar-refractivity contribution in [1.82, 2.24) is 0 Å².